The molecule has 0 bridgehead atoms. The Kier molecular flexibility index (Phi) is 3.54. The van der Waals surface area contributed by atoms with Crippen molar-refractivity contribution in [3.8, 4) is 0 Å². The maximum absolute atomic E-state index is 11.4. The maximum Gasteiger partial charge on any atom is 0.316 e. The van der Waals surface area contributed by atoms with Crippen molar-refractivity contribution >= 4 is 11.7 Å². The molecule has 104 valence electrons. The van der Waals surface area contributed by atoms with Crippen molar-refractivity contribution in [2.24, 2.45) is 5.41 Å². The number of rotatable bonds is 4. The van der Waals surface area contributed by atoms with Crippen LogP contribution >= 0.6 is 0 Å². The van der Waals surface area contributed by atoms with E-state index in [1.807, 2.05) is 11.9 Å². The molecule has 4 nitrogen and oxygen atoms in total. The van der Waals surface area contributed by atoms with E-state index in [-0.39, 0.29) is 0 Å². The lowest BCUT2D eigenvalue weighted by molar-refractivity contribution is -0.177. The van der Waals surface area contributed by atoms with E-state index < -0.39 is 11.4 Å². The lowest BCUT2D eigenvalue weighted by Crippen LogP contribution is -2.55. The van der Waals surface area contributed by atoms with Gasteiger partial charge in [0.25, 0.3) is 0 Å². The second-order valence-electron chi connectivity index (χ2n) is 5.68. The van der Waals surface area contributed by atoms with E-state index in [9.17, 15) is 9.90 Å². The van der Waals surface area contributed by atoms with Crippen LogP contribution in [0.15, 0.2) is 12.1 Å². The number of aryl methyl sites for hydroxylation is 3. The van der Waals surface area contributed by atoms with E-state index >= 15 is 0 Å². The van der Waals surface area contributed by atoms with Crippen LogP contribution in [0, 0.1) is 26.2 Å². The van der Waals surface area contributed by atoms with Crippen molar-refractivity contribution in [3.05, 3.63) is 28.8 Å². The van der Waals surface area contributed by atoms with Crippen LogP contribution in [0.4, 0.5) is 5.69 Å². The van der Waals surface area contributed by atoms with Crippen molar-refractivity contribution < 1.29 is 14.6 Å². The van der Waals surface area contributed by atoms with E-state index in [1.165, 1.54) is 16.7 Å². The van der Waals surface area contributed by atoms with Gasteiger partial charge >= 0.3 is 5.97 Å². The second-order valence-corrected chi connectivity index (χ2v) is 5.68. The first kappa shape index (κ1) is 13.9. The first-order valence-electron chi connectivity index (χ1n) is 6.46. The molecular formula is C15H21NO3. The fraction of sp³-hybridized carbons (Fsp3) is 0.533. The Labute approximate surface area is 114 Å². The summed E-state index contributed by atoms with van der Waals surface area (Å²) in [5, 5.41) is 9.36. The van der Waals surface area contributed by atoms with E-state index in [4.69, 9.17) is 4.74 Å². The minimum atomic E-state index is -0.770. The minimum absolute atomic E-state index is 0.302. The minimum Gasteiger partial charge on any atom is -0.481 e. The van der Waals surface area contributed by atoms with E-state index in [0.29, 0.717) is 19.8 Å². The number of benzene rings is 1. The molecule has 1 aliphatic rings. The molecule has 1 aromatic carbocycles. The van der Waals surface area contributed by atoms with Gasteiger partial charge in [-0.3, -0.25) is 4.79 Å². The third-order valence-electron chi connectivity index (χ3n) is 3.77. The van der Waals surface area contributed by atoms with Crippen LogP contribution in [0.1, 0.15) is 16.7 Å². The number of carbonyl (C=O) groups is 1. The summed E-state index contributed by atoms with van der Waals surface area (Å²) < 4.78 is 5.11. The topological polar surface area (TPSA) is 49.8 Å². The first-order valence-corrected chi connectivity index (χ1v) is 6.46. The number of ether oxygens (including phenoxy) is 1. The normalized spacial score (nSPS) is 16.8. The van der Waals surface area contributed by atoms with Crippen LogP contribution in [-0.4, -0.2) is 37.9 Å². The van der Waals surface area contributed by atoms with E-state index in [1.54, 1.807) is 0 Å². The van der Waals surface area contributed by atoms with Crippen molar-refractivity contribution in [2.75, 3.05) is 31.7 Å². The van der Waals surface area contributed by atoms with Crippen LogP contribution < -0.4 is 4.90 Å². The monoisotopic (exact) mass is 263 g/mol. The first-order chi connectivity index (χ1) is 8.85. The third kappa shape index (κ3) is 2.45. The molecule has 1 fully saturated rings. The molecule has 0 radical (unpaired) electrons. The largest absolute Gasteiger partial charge is 0.481 e. The molecule has 1 aliphatic heterocycles. The number of carboxylic acids is 1. The molecule has 1 aromatic rings. The number of anilines is 1. The fourth-order valence-corrected chi connectivity index (χ4v) is 2.94. The summed E-state index contributed by atoms with van der Waals surface area (Å²) in [6.45, 7) is 7.29. The summed E-state index contributed by atoms with van der Waals surface area (Å²) in [4.78, 5) is 13.4. The van der Waals surface area contributed by atoms with Gasteiger partial charge in [0.05, 0.1) is 13.2 Å². The average Bonchev–Trinajstić information content (AvgIpc) is 2.21. The van der Waals surface area contributed by atoms with Gasteiger partial charge in [0.2, 0.25) is 0 Å². The molecule has 19 heavy (non-hydrogen) atoms. The molecule has 1 heterocycles. The number of aliphatic carboxylic acids is 1. The highest BCUT2D eigenvalue weighted by Gasteiger charge is 2.47. The van der Waals surface area contributed by atoms with Gasteiger partial charge < -0.3 is 14.7 Å². The molecule has 1 saturated heterocycles. The number of hydrogen-bond donors (Lipinski definition) is 1. The standard InChI is InChI=1S/C15H21NO3/c1-10-5-11(2)13(12(3)6-10)16(4)7-15(14(17)18)8-19-9-15/h5-6H,7-9H2,1-4H3,(H,17,18). The molecule has 1 N–H and O–H groups in total. The summed E-state index contributed by atoms with van der Waals surface area (Å²) in [7, 11) is 1.95. The SMILES string of the molecule is Cc1cc(C)c(N(C)CC2(C(=O)O)COC2)c(C)c1. The van der Waals surface area contributed by atoms with Crippen molar-refractivity contribution in [3.63, 3.8) is 0 Å². The molecule has 2 rings (SSSR count). The van der Waals surface area contributed by atoms with Gasteiger partial charge in [-0.2, -0.15) is 0 Å². The molecule has 0 aliphatic carbocycles. The Hall–Kier alpha value is -1.55. The molecule has 0 spiro atoms. The van der Waals surface area contributed by atoms with Crippen LogP contribution in [-0.2, 0) is 9.53 Å². The summed E-state index contributed by atoms with van der Waals surface area (Å²) in [6, 6.07) is 4.26. The Morgan fingerprint density at radius 2 is 1.84 bits per heavy atom. The average molecular weight is 263 g/mol. The van der Waals surface area contributed by atoms with Crippen LogP contribution in [0.25, 0.3) is 0 Å². The smallest absolute Gasteiger partial charge is 0.316 e. The van der Waals surface area contributed by atoms with Gasteiger partial charge in [0.1, 0.15) is 5.41 Å². The summed E-state index contributed by atoms with van der Waals surface area (Å²) >= 11 is 0. The highest BCUT2D eigenvalue weighted by Crippen LogP contribution is 2.33. The van der Waals surface area contributed by atoms with Crippen LogP contribution in [0.3, 0.4) is 0 Å². The van der Waals surface area contributed by atoms with Gasteiger partial charge in [0.15, 0.2) is 0 Å². The molecule has 0 saturated carbocycles. The molecular weight excluding hydrogens is 242 g/mol. The van der Waals surface area contributed by atoms with Crippen molar-refractivity contribution in [1.29, 1.82) is 0 Å². The zero-order chi connectivity index (χ0) is 14.2. The fourth-order valence-electron chi connectivity index (χ4n) is 2.94. The predicted molar refractivity (Wildman–Crippen MR) is 74.8 cm³/mol. The quantitative estimate of drug-likeness (QED) is 0.904. The molecule has 0 aromatic heterocycles. The predicted octanol–water partition coefficient (Wildman–Crippen LogP) is 2.15. The van der Waals surface area contributed by atoms with Crippen LogP contribution in [0.2, 0.25) is 0 Å². The van der Waals surface area contributed by atoms with Crippen LogP contribution in [0.5, 0.6) is 0 Å². The lowest BCUT2D eigenvalue weighted by Gasteiger charge is -2.41. The molecule has 0 amide bonds. The Morgan fingerprint density at radius 1 is 1.32 bits per heavy atom. The second kappa shape index (κ2) is 4.85. The summed E-state index contributed by atoms with van der Waals surface area (Å²) in [5.74, 6) is -0.770. The van der Waals surface area contributed by atoms with E-state index in [2.05, 4.69) is 32.9 Å². The maximum atomic E-state index is 11.4. The highest BCUT2D eigenvalue weighted by atomic mass is 16.5. The van der Waals surface area contributed by atoms with Gasteiger partial charge in [-0.25, -0.2) is 0 Å². The highest BCUT2D eigenvalue weighted by molar-refractivity contribution is 5.77. The van der Waals surface area contributed by atoms with Crippen molar-refractivity contribution in [1.82, 2.24) is 0 Å². The van der Waals surface area contributed by atoms with Gasteiger partial charge in [-0.1, -0.05) is 17.7 Å². The van der Waals surface area contributed by atoms with Gasteiger partial charge in [-0.05, 0) is 31.9 Å². The zero-order valence-electron chi connectivity index (χ0n) is 12.0. The summed E-state index contributed by atoms with van der Waals surface area (Å²) in [6.07, 6.45) is 0. The third-order valence-corrected chi connectivity index (χ3v) is 3.77. The Morgan fingerprint density at radius 3 is 2.21 bits per heavy atom. The summed E-state index contributed by atoms with van der Waals surface area (Å²) in [5.41, 5.74) is 3.96. The van der Waals surface area contributed by atoms with Crippen molar-refractivity contribution in [2.45, 2.75) is 20.8 Å². The number of hydrogen-bond acceptors (Lipinski definition) is 3. The zero-order valence-corrected chi connectivity index (χ0v) is 12.0. The number of nitrogens with zero attached hydrogens (tertiary/aromatic N) is 1. The van der Waals surface area contributed by atoms with Gasteiger partial charge in [0, 0.05) is 19.3 Å². The lowest BCUT2D eigenvalue weighted by atomic mass is 9.85. The van der Waals surface area contributed by atoms with Gasteiger partial charge in [-0.15, -0.1) is 0 Å². The Bertz CT molecular complexity index is 483. The molecule has 4 heteroatoms. The Balaban J connectivity index is 2.25. The molecule has 0 atom stereocenters. The molecule has 0 unspecified atom stereocenters. The van der Waals surface area contributed by atoms with E-state index in [0.717, 1.165) is 5.69 Å². The number of carboxylic acid groups (broad SMARTS) is 1.